The van der Waals surface area contributed by atoms with Crippen molar-refractivity contribution in [3.05, 3.63) is 59.7 Å². The monoisotopic (exact) mass is 473 g/mol. The number of ether oxygens (including phenoxy) is 3. The average molecular weight is 474 g/mol. The summed E-state index contributed by atoms with van der Waals surface area (Å²) >= 11 is 0. The van der Waals surface area contributed by atoms with Crippen molar-refractivity contribution in [1.82, 2.24) is 4.90 Å². The second-order valence-corrected chi connectivity index (χ2v) is 15.4. The number of rotatable bonds is 8. The lowest BCUT2D eigenvalue weighted by molar-refractivity contribution is -0.104. The predicted molar refractivity (Wildman–Crippen MR) is 132 cm³/mol. The van der Waals surface area contributed by atoms with Crippen LogP contribution in [0.2, 0.25) is 18.1 Å². The van der Waals surface area contributed by atoms with E-state index in [-0.39, 0.29) is 29.9 Å². The highest BCUT2D eigenvalue weighted by atomic mass is 28.4. The van der Waals surface area contributed by atoms with E-state index >= 15 is 0 Å². The van der Waals surface area contributed by atoms with Gasteiger partial charge in [0.15, 0.2) is 14.6 Å². The van der Waals surface area contributed by atoms with Crippen molar-refractivity contribution in [3.8, 4) is 0 Å². The van der Waals surface area contributed by atoms with Crippen LogP contribution in [-0.4, -0.2) is 57.0 Å². The molecule has 1 aromatic carbocycles. The summed E-state index contributed by atoms with van der Waals surface area (Å²) in [5.41, 5.74) is 2.07. The van der Waals surface area contributed by atoms with E-state index in [9.17, 15) is 4.79 Å². The van der Waals surface area contributed by atoms with Crippen molar-refractivity contribution in [2.24, 2.45) is 0 Å². The molecule has 2 bridgehead atoms. The molecule has 33 heavy (non-hydrogen) atoms. The minimum Gasteiger partial charge on any atom is -0.445 e. The van der Waals surface area contributed by atoms with E-state index in [1.807, 2.05) is 62.4 Å². The van der Waals surface area contributed by atoms with E-state index in [2.05, 4.69) is 33.9 Å². The summed E-state index contributed by atoms with van der Waals surface area (Å²) in [4.78, 5) is 14.7. The minimum absolute atomic E-state index is 0.129. The molecule has 0 saturated carbocycles. The Hall–Kier alpha value is -1.93. The van der Waals surface area contributed by atoms with Crippen LogP contribution in [0.5, 0.6) is 0 Å². The molecule has 1 aromatic rings. The van der Waals surface area contributed by atoms with Gasteiger partial charge in [-0.25, -0.2) is 4.79 Å². The Morgan fingerprint density at radius 3 is 2.45 bits per heavy atom. The summed E-state index contributed by atoms with van der Waals surface area (Å²) in [5, 5.41) is 0.129. The van der Waals surface area contributed by atoms with Crippen LogP contribution >= 0.6 is 0 Å². The quantitative estimate of drug-likeness (QED) is 0.360. The van der Waals surface area contributed by atoms with Crippen LogP contribution < -0.4 is 0 Å². The van der Waals surface area contributed by atoms with Gasteiger partial charge in [0.1, 0.15) is 24.9 Å². The number of hydrogen-bond acceptors (Lipinski definition) is 5. The van der Waals surface area contributed by atoms with Crippen LogP contribution in [0.25, 0.3) is 0 Å². The van der Waals surface area contributed by atoms with E-state index in [1.165, 1.54) is 0 Å². The van der Waals surface area contributed by atoms with Gasteiger partial charge in [-0.15, -0.1) is 0 Å². The molecule has 6 nitrogen and oxygen atoms in total. The lowest BCUT2D eigenvalue weighted by Crippen LogP contribution is -2.48. The second kappa shape index (κ2) is 10.6. The molecule has 0 spiro atoms. The van der Waals surface area contributed by atoms with Crippen molar-refractivity contribution in [2.45, 2.75) is 83.9 Å². The van der Waals surface area contributed by atoms with Crippen LogP contribution in [0.1, 0.15) is 40.2 Å². The van der Waals surface area contributed by atoms with Crippen LogP contribution in [0.3, 0.4) is 0 Å². The van der Waals surface area contributed by atoms with E-state index < -0.39 is 20.7 Å². The largest absolute Gasteiger partial charge is 0.445 e. The Morgan fingerprint density at radius 2 is 1.82 bits per heavy atom. The Bertz CT molecular complexity index is 857. The summed E-state index contributed by atoms with van der Waals surface area (Å²) < 4.78 is 24.4. The van der Waals surface area contributed by atoms with Gasteiger partial charge in [0.05, 0.1) is 6.61 Å². The molecule has 0 aromatic heterocycles. The summed E-state index contributed by atoms with van der Waals surface area (Å²) in [5.74, 6) is 0. The van der Waals surface area contributed by atoms with Crippen molar-refractivity contribution in [2.75, 3.05) is 13.2 Å². The third-order valence-corrected chi connectivity index (χ3v) is 11.2. The van der Waals surface area contributed by atoms with Crippen LogP contribution in [0.4, 0.5) is 4.79 Å². The van der Waals surface area contributed by atoms with Crippen molar-refractivity contribution >= 4 is 14.4 Å². The van der Waals surface area contributed by atoms with E-state index in [0.717, 1.165) is 11.1 Å². The van der Waals surface area contributed by atoms with Gasteiger partial charge in [0.25, 0.3) is 0 Å². The highest BCUT2D eigenvalue weighted by molar-refractivity contribution is 6.74. The first-order chi connectivity index (χ1) is 15.5. The molecule has 182 valence electrons. The predicted octanol–water partition coefficient (Wildman–Crippen LogP) is 5.66. The summed E-state index contributed by atoms with van der Waals surface area (Å²) in [6.45, 7) is 16.3. The van der Waals surface area contributed by atoms with Crippen molar-refractivity contribution < 1.29 is 23.4 Å². The number of carbonyl (C=O) groups is 1. The fraction of sp³-hybridized carbons (Fsp3) is 0.577. The highest BCUT2D eigenvalue weighted by Crippen LogP contribution is 2.38. The molecule has 1 fully saturated rings. The molecule has 1 amide bonds. The molecule has 0 radical (unpaired) electrons. The highest BCUT2D eigenvalue weighted by Gasteiger charge is 2.46. The average Bonchev–Trinajstić information content (AvgIpc) is 3.07. The molecule has 0 unspecified atom stereocenters. The molecule has 3 rings (SSSR count). The smallest absolute Gasteiger partial charge is 0.411 e. The molecule has 4 atom stereocenters. The maximum absolute atomic E-state index is 13.1. The topological polar surface area (TPSA) is 57.2 Å². The number of nitrogens with zero attached hydrogens (tertiary/aromatic N) is 1. The van der Waals surface area contributed by atoms with Crippen LogP contribution in [0.15, 0.2) is 54.1 Å². The van der Waals surface area contributed by atoms with Crippen LogP contribution in [0, 0.1) is 0 Å². The molecule has 2 heterocycles. The number of carbonyl (C=O) groups excluding carboxylic acids is 1. The first-order valence-electron chi connectivity index (χ1n) is 11.7. The Morgan fingerprint density at radius 1 is 1.12 bits per heavy atom. The molecule has 2 aliphatic heterocycles. The van der Waals surface area contributed by atoms with Gasteiger partial charge in [0, 0.05) is 6.54 Å². The van der Waals surface area contributed by atoms with E-state index in [4.69, 9.17) is 18.6 Å². The zero-order valence-corrected chi connectivity index (χ0v) is 22.0. The number of amides is 1. The first kappa shape index (κ1) is 25.7. The van der Waals surface area contributed by atoms with Crippen LogP contribution in [-0.2, 0) is 25.2 Å². The van der Waals surface area contributed by atoms with Gasteiger partial charge in [-0.3, -0.25) is 4.90 Å². The van der Waals surface area contributed by atoms with Gasteiger partial charge < -0.3 is 18.6 Å². The molecular formula is C26H39NO5Si. The van der Waals surface area contributed by atoms with Gasteiger partial charge in [-0.1, -0.05) is 74.9 Å². The lowest BCUT2D eigenvalue weighted by Gasteiger charge is -2.37. The number of hydrogen-bond donors (Lipinski definition) is 0. The van der Waals surface area contributed by atoms with Gasteiger partial charge >= 0.3 is 6.09 Å². The molecular weight excluding hydrogens is 434 g/mol. The minimum atomic E-state index is -1.89. The maximum atomic E-state index is 13.1. The first-order valence-corrected chi connectivity index (χ1v) is 14.6. The Kier molecular flexibility index (Phi) is 8.21. The third-order valence-electron chi connectivity index (χ3n) is 6.65. The fourth-order valence-corrected chi connectivity index (χ4v) is 4.48. The summed E-state index contributed by atoms with van der Waals surface area (Å²) in [7, 11) is -1.89. The zero-order valence-electron chi connectivity index (χ0n) is 21.0. The molecule has 0 N–H and O–H groups in total. The van der Waals surface area contributed by atoms with Gasteiger partial charge in [0.2, 0.25) is 0 Å². The Labute approximate surface area is 199 Å². The van der Waals surface area contributed by atoms with E-state index in [0.29, 0.717) is 13.2 Å². The number of benzene rings is 1. The van der Waals surface area contributed by atoms with Crippen molar-refractivity contribution in [3.63, 3.8) is 0 Å². The zero-order chi connectivity index (χ0) is 24.2. The Balaban J connectivity index is 1.66. The number of fused-ring (bicyclic) bond motifs is 2. The number of allylic oxidation sites excluding steroid dienone is 1. The molecule has 0 aliphatic carbocycles. The third kappa shape index (κ3) is 6.56. The van der Waals surface area contributed by atoms with Gasteiger partial charge in [-0.05, 0) is 37.5 Å². The summed E-state index contributed by atoms with van der Waals surface area (Å²) in [6, 6.07) is 9.32. The fourth-order valence-electron chi connectivity index (χ4n) is 3.46. The normalized spacial score (nSPS) is 24.5. The van der Waals surface area contributed by atoms with Gasteiger partial charge in [-0.2, -0.15) is 0 Å². The SMILES string of the molecule is CC(C)=CCN(C(=O)OCc1ccccc1)[C@@H]1C=C[C@@H]2O[C@H]1O[C@@H]2CO[Si](C)(C)C(C)(C)C. The molecule has 2 aliphatic rings. The second-order valence-electron chi connectivity index (χ2n) is 10.6. The van der Waals surface area contributed by atoms with E-state index in [1.54, 1.807) is 4.90 Å². The standard InChI is InChI=1S/C26H39NO5Si/c1-19(2)15-16-27(25(28)29-17-20-11-9-8-10-12-20)21-13-14-22-23(32-24(21)31-22)18-30-33(6,7)26(3,4)5/h8-15,21-24H,16-18H2,1-7H3/t21-,22+,23-,24+/m1/s1. The van der Waals surface area contributed by atoms with Crippen molar-refractivity contribution in [1.29, 1.82) is 0 Å². The molecule has 1 saturated heterocycles. The molecule has 7 heteroatoms. The summed E-state index contributed by atoms with van der Waals surface area (Å²) in [6.07, 6.45) is 4.73. The maximum Gasteiger partial charge on any atom is 0.411 e. The lowest BCUT2D eigenvalue weighted by atomic mass is 10.1.